The highest BCUT2D eigenvalue weighted by Gasteiger charge is 2.24. The van der Waals surface area contributed by atoms with Crippen molar-refractivity contribution in [3.8, 4) is 0 Å². The standard InChI is InChI=1S/C13H21N3O2S/c1-9-5-6-16(8-10(9)2)13-7-11(19(15,17)18)3-4-12(13)14/h3-4,7,9-10H,5-6,8,14H2,1-2H3,(H2,15,17,18). The molecular weight excluding hydrogens is 262 g/mol. The third kappa shape index (κ3) is 3.01. The smallest absolute Gasteiger partial charge is 0.238 e. The van der Waals surface area contributed by atoms with Crippen LogP contribution in [0.3, 0.4) is 0 Å². The second-order valence-corrected chi connectivity index (χ2v) is 7.02. The van der Waals surface area contributed by atoms with Crippen LogP contribution in [0, 0.1) is 11.8 Å². The first-order valence-corrected chi connectivity index (χ1v) is 8.01. The highest BCUT2D eigenvalue weighted by molar-refractivity contribution is 7.89. The predicted octanol–water partition coefficient (Wildman–Crippen LogP) is 1.40. The van der Waals surface area contributed by atoms with E-state index in [0.29, 0.717) is 17.5 Å². The number of nitrogens with zero attached hydrogens (tertiary/aromatic N) is 1. The van der Waals surface area contributed by atoms with Crippen LogP contribution >= 0.6 is 0 Å². The van der Waals surface area contributed by atoms with Crippen molar-refractivity contribution in [2.24, 2.45) is 17.0 Å². The van der Waals surface area contributed by atoms with E-state index in [4.69, 9.17) is 10.9 Å². The minimum atomic E-state index is -3.69. The summed E-state index contributed by atoms with van der Waals surface area (Å²) in [5.74, 6) is 1.24. The van der Waals surface area contributed by atoms with E-state index in [-0.39, 0.29) is 4.90 Å². The van der Waals surface area contributed by atoms with E-state index in [2.05, 4.69) is 18.7 Å². The molecule has 0 spiro atoms. The highest BCUT2D eigenvalue weighted by atomic mass is 32.2. The zero-order valence-electron chi connectivity index (χ0n) is 11.3. The van der Waals surface area contributed by atoms with E-state index < -0.39 is 10.0 Å². The Morgan fingerprint density at radius 3 is 2.53 bits per heavy atom. The first kappa shape index (κ1) is 14.1. The van der Waals surface area contributed by atoms with Crippen molar-refractivity contribution in [3.63, 3.8) is 0 Å². The summed E-state index contributed by atoms with van der Waals surface area (Å²) in [4.78, 5) is 2.26. The molecule has 0 radical (unpaired) electrons. The quantitative estimate of drug-likeness (QED) is 0.803. The number of nitrogens with two attached hydrogens (primary N) is 2. The van der Waals surface area contributed by atoms with E-state index in [0.717, 1.165) is 25.2 Å². The number of piperidine rings is 1. The molecule has 1 aliphatic rings. The average molecular weight is 283 g/mol. The van der Waals surface area contributed by atoms with Crippen LogP contribution in [-0.2, 0) is 10.0 Å². The average Bonchev–Trinajstić information content (AvgIpc) is 2.32. The van der Waals surface area contributed by atoms with Gasteiger partial charge in [-0.05, 0) is 36.5 Å². The Balaban J connectivity index is 2.34. The lowest BCUT2D eigenvalue weighted by Crippen LogP contribution is -2.38. The van der Waals surface area contributed by atoms with Crippen molar-refractivity contribution in [3.05, 3.63) is 18.2 Å². The Hall–Kier alpha value is -1.27. The normalized spacial score (nSPS) is 24.5. The molecule has 19 heavy (non-hydrogen) atoms. The van der Waals surface area contributed by atoms with Gasteiger partial charge in [-0.1, -0.05) is 13.8 Å². The lowest BCUT2D eigenvalue weighted by atomic mass is 9.88. The van der Waals surface area contributed by atoms with Gasteiger partial charge in [0, 0.05) is 13.1 Å². The van der Waals surface area contributed by atoms with Gasteiger partial charge in [0.25, 0.3) is 0 Å². The van der Waals surface area contributed by atoms with Gasteiger partial charge in [-0.15, -0.1) is 0 Å². The number of anilines is 2. The fourth-order valence-corrected chi connectivity index (χ4v) is 2.99. The summed E-state index contributed by atoms with van der Waals surface area (Å²) in [6.45, 7) is 6.23. The molecule has 2 unspecified atom stereocenters. The lowest BCUT2D eigenvalue weighted by Gasteiger charge is -2.37. The first-order valence-electron chi connectivity index (χ1n) is 6.46. The SMILES string of the molecule is CC1CCN(c2cc(S(N)(=O)=O)ccc2N)CC1C. The zero-order valence-corrected chi connectivity index (χ0v) is 12.2. The van der Waals surface area contributed by atoms with Gasteiger partial charge in [0.15, 0.2) is 0 Å². The molecule has 2 atom stereocenters. The molecule has 2 rings (SSSR count). The van der Waals surface area contributed by atoms with Crippen LogP contribution in [0.25, 0.3) is 0 Å². The summed E-state index contributed by atoms with van der Waals surface area (Å²) in [5.41, 5.74) is 7.33. The lowest BCUT2D eigenvalue weighted by molar-refractivity contribution is 0.324. The van der Waals surface area contributed by atoms with Gasteiger partial charge in [0.1, 0.15) is 0 Å². The Kier molecular flexibility index (Phi) is 3.73. The van der Waals surface area contributed by atoms with Gasteiger partial charge in [-0.2, -0.15) is 0 Å². The molecular formula is C13H21N3O2S. The Labute approximate surface area is 114 Å². The Morgan fingerprint density at radius 2 is 1.95 bits per heavy atom. The molecule has 0 saturated carbocycles. The number of benzene rings is 1. The van der Waals surface area contributed by atoms with Crippen molar-refractivity contribution >= 4 is 21.4 Å². The predicted molar refractivity (Wildman–Crippen MR) is 77.4 cm³/mol. The number of rotatable bonds is 2. The van der Waals surface area contributed by atoms with Crippen molar-refractivity contribution < 1.29 is 8.42 Å². The minimum absolute atomic E-state index is 0.114. The molecule has 1 aromatic carbocycles. The van der Waals surface area contributed by atoms with Gasteiger partial charge in [0.2, 0.25) is 10.0 Å². The van der Waals surface area contributed by atoms with E-state index in [1.54, 1.807) is 12.1 Å². The van der Waals surface area contributed by atoms with Crippen LogP contribution in [0.5, 0.6) is 0 Å². The molecule has 0 bridgehead atoms. The summed E-state index contributed by atoms with van der Waals surface area (Å²) in [7, 11) is -3.69. The highest BCUT2D eigenvalue weighted by Crippen LogP contribution is 2.32. The molecule has 6 heteroatoms. The number of hydrogen-bond acceptors (Lipinski definition) is 4. The molecule has 1 aromatic rings. The van der Waals surface area contributed by atoms with Crippen LogP contribution in [0.15, 0.2) is 23.1 Å². The second-order valence-electron chi connectivity index (χ2n) is 5.45. The van der Waals surface area contributed by atoms with Gasteiger partial charge >= 0.3 is 0 Å². The molecule has 1 aliphatic heterocycles. The molecule has 4 N–H and O–H groups in total. The monoisotopic (exact) mass is 283 g/mol. The van der Waals surface area contributed by atoms with E-state index in [9.17, 15) is 8.42 Å². The van der Waals surface area contributed by atoms with Crippen LogP contribution < -0.4 is 15.8 Å². The molecule has 1 saturated heterocycles. The number of primary sulfonamides is 1. The minimum Gasteiger partial charge on any atom is -0.397 e. The van der Waals surface area contributed by atoms with Gasteiger partial charge in [-0.25, -0.2) is 13.6 Å². The van der Waals surface area contributed by atoms with E-state index >= 15 is 0 Å². The summed E-state index contributed by atoms with van der Waals surface area (Å²) in [6.07, 6.45) is 1.08. The Morgan fingerprint density at radius 1 is 1.26 bits per heavy atom. The maximum atomic E-state index is 11.4. The Bertz CT molecular complexity index is 571. The molecule has 1 fully saturated rings. The summed E-state index contributed by atoms with van der Waals surface area (Å²) in [5, 5.41) is 5.17. The van der Waals surface area contributed by atoms with E-state index in [1.165, 1.54) is 6.07 Å². The molecule has 0 aromatic heterocycles. The second kappa shape index (κ2) is 5.02. The topological polar surface area (TPSA) is 89.4 Å². The molecule has 0 amide bonds. The van der Waals surface area contributed by atoms with Crippen LogP contribution in [0.2, 0.25) is 0 Å². The van der Waals surface area contributed by atoms with Gasteiger partial charge < -0.3 is 10.6 Å². The maximum absolute atomic E-state index is 11.4. The fraction of sp³-hybridized carbons (Fsp3) is 0.538. The van der Waals surface area contributed by atoms with Crippen molar-refractivity contribution in [1.82, 2.24) is 0 Å². The zero-order chi connectivity index (χ0) is 14.2. The largest absolute Gasteiger partial charge is 0.397 e. The van der Waals surface area contributed by atoms with Crippen LogP contribution in [0.4, 0.5) is 11.4 Å². The molecule has 106 valence electrons. The molecule has 5 nitrogen and oxygen atoms in total. The van der Waals surface area contributed by atoms with Crippen molar-refractivity contribution in [1.29, 1.82) is 0 Å². The van der Waals surface area contributed by atoms with Gasteiger partial charge in [0.05, 0.1) is 16.3 Å². The number of hydrogen-bond donors (Lipinski definition) is 2. The van der Waals surface area contributed by atoms with Crippen LogP contribution in [-0.4, -0.2) is 21.5 Å². The molecule has 1 heterocycles. The van der Waals surface area contributed by atoms with Crippen LogP contribution in [0.1, 0.15) is 20.3 Å². The van der Waals surface area contributed by atoms with Gasteiger partial charge in [-0.3, -0.25) is 0 Å². The maximum Gasteiger partial charge on any atom is 0.238 e. The summed E-state index contributed by atoms with van der Waals surface area (Å²) >= 11 is 0. The first-order chi connectivity index (χ1) is 8.79. The van der Waals surface area contributed by atoms with Crippen molar-refractivity contribution in [2.75, 3.05) is 23.7 Å². The fourth-order valence-electron chi connectivity index (χ4n) is 2.46. The third-order valence-electron chi connectivity index (χ3n) is 4.01. The number of sulfonamides is 1. The third-order valence-corrected chi connectivity index (χ3v) is 4.92. The molecule has 0 aliphatic carbocycles. The summed E-state index contributed by atoms with van der Waals surface area (Å²) in [6, 6.07) is 4.63. The van der Waals surface area contributed by atoms with Crippen molar-refractivity contribution in [2.45, 2.75) is 25.2 Å². The summed E-state index contributed by atoms with van der Waals surface area (Å²) < 4.78 is 22.8. The number of nitrogen functional groups attached to an aromatic ring is 1. The van der Waals surface area contributed by atoms with E-state index in [1.807, 2.05) is 0 Å².